The number of halogens is 2. The maximum atomic E-state index is 6.14. The van der Waals surface area contributed by atoms with Crippen molar-refractivity contribution < 1.29 is 0 Å². The van der Waals surface area contributed by atoms with Gasteiger partial charge in [-0.1, -0.05) is 29.6 Å². The van der Waals surface area contributed by atoms with Crippen LogP contribution in [0.5, 0.6) is 0 Å². The van der Waals surface area contributed by atoms with Crippen molar-refractivity contribution >= 4 is 34.5 Å². The highest BCUT2D eigenvalue weighted by Crippen LogP contribution is 2.36. The van der Waals surface area contributed by atoms with E-state index in [2.05, 4.69) is 19.2 Å². The summed E-state index contributed by atoms with van der Waals surface area (Å²) in [6.45, 7) is 4.42. The Morgan fingerprint density at radius 3 is 2.50 bits per heavy atom. The van der Waals surface area contributed by atoms with Crippen molar-refractivity contribution in [3.8, 4) is 0 Å². The van der Waals surface area contributed by atoms with Crippen LogP contribution in [0, 0.1) is 5.92 Å². The Hall–Kier alpha value is 0.240. The molecule has 2 rings (SSSR count). The van der Waals surface area contributed by atoms with Gasteiger partial charge in [-0.3, -0.25) is 0 Å². The van der Waals surface area contributed by atoms with E-state index in [0.29, 0.717) is 6.04 Å². The zero-order valence-electron chi connectivity index (χ0n) is 9.59. The number of hydrogen-bond donors (Lipinski definition) is 1. The van der Waals surface area contributed by atoms with E-state index in [1.165, 1.54) is 30.6 Å². The van der Waals surface area contributed by atoms with Gasteiger partial charge in [-0.2, -0.15) is 0 Å². The molecular formula is C12H17Cl2NS. The fourth-order valence-corrected chi connectivity index (χ4v) is 3.85. The lowest BCUT2D eigenvalue weighted by Crippen LogP contribution is -2.38. The van der Waals surface area contributed by atoms with Gasteiger partial charge in [-0.15, -0.1) is 11.3 Å². The fourth-order valence-electron chi connectivity index (χ4n) is 2.21. The van der Waals surface area contributed by atoms with Crippen molar-refractivity contribution in [3.63, 3.8) is 0 Å². The summed E-state index contributed by atoms with van der Waals surface area (Å²) in [5.74, 6) is 0.843. The molecule has 90 valence electrons. The van der Waals surface area contributed by atoms with Crippen LogP contribution in [0.4, 0.5) is 0 Å². The van der Waals surface area contributed by atoms with E-state index in [9.17, 15) is 0 Å². The quantitative estimate of drug-likeness (QED) is 0.826. The van der Waals surface area contributed by atoms with Crippen molar-refractivity contribution in [2.24, 2.45) is 5.92 Å². The number of nitrogens with one attached hydrogen (secondary N) is 1. The van der Waals surface area contributed by atoms with Crippen LogP contribution in [0.3, 0.4) is 0 Å². The third-order valence-electron chi connectivity index (χ3n) is 3.52. The topological polar surface area (TPSA) is 12.0 Å². The molecule has 0 amide bonds. The molecule has 1 aromatic rings. The first-order valence-electron chi connectivity index (χ1n) is 5.78. The Labute approximate surface area is 111 Å². The molecule has 16 heavy (non-hydrogen) atoms. The second-order valence-corrected chi connectivity index (χ2v) is 6.93. The molecule has 1 aromatic heterocycles. The minimum absolute atomic E-state index is 0.284. The monoisotopic (exact) mass is 277 g/mol. The van der Waals surface area contributed by atoms with Gasteiger partial charge in [0.05, 0.1) is 8.67 Å². The highest BCUT2D eigenvalue weighted by molar-refractivity contribution is 7.20. The van der Waals surface area contributed by atoms with Crippen LogP contribution >= 0.6 is 34.5 Å². The predicted molar refractivity (Wildman–Crippen MR) is 72.7 cm³/mol. The minimum Gasteiger partial charge on any atom is -0.307 e. The van der Waals surface area contributed by atoms with Crippen LogP contribution in [0.1, 0.15) is 44.7 Å². The fraction of sp³-hybridized carbons (Fsp3) is 0.667. The highest BCUT2D eigenvalue weighted by atomic mass is 35.5. The van der Waals surface area contributed by atoms with Gasteiger partial charge in [-0.25, -0.2) is 0 Å². The summed E-state index contributed by atoms with van der Waals surface area (Å²) >= 11 is 13.5. The first kappa shape index (κ1) is 12.7. The Balaban J connectivity index is 1.96. The Bertz CT molecular complexity index is 360. The summed E-state index contributed by atoms with van der Waals surface area (Å²) in [5.41, 5.74) is 1.13. The highest BCUT2D eigenvalue weighted by Gasteiger charge is 2.25. The zero-order valence-corrected chi connectivity index (χ0v) is 11.9. The molecule has 1 saturated carbocycles. The van der Waals surface area contributed by atoms with Crippen LogP contribution in [-0.2, 0) is 0 Å². The average Bonchev–Trinajstić information content (AvgIpc) is 2.41. The Morgan fingerprint density at radius 1 is 1.38 bits per heavy atom. The van der Waals surface area contributed by atoms with Gasteiger partial charge in [0, 0.05) is 12.1 Å². The molecule has 1 aliphatic rings. The van der Waals surface area contributed by atoms with Crippen LogP contribution in [0.25, 0.3) is 0 Å². The molecule has 0 radical (unpaired) electrons. The van der Waals surface area contributed by atoms with Crippen LogP contribution in [-0.4, -0.2) is 6.04 Å². The van der Waals surface area contributed by atoms with Gasteiger partial charge in [-0.05, 0) is 44.2 Å². The van der Waals surface area contributed by atoms with Crippen molar-refractivity contribution in [2.75, 3.05) is 0 Å². The van der Waals surface area contributed by atoms with Gasteiger partial charge in [0.2, 0.25) is 0 Å². The average molecular weight is 278 g/mol. The van der Waals surface area contributed by atoms with E-state index in [1.807, 2.05) is 6.07 Å². The molecule has 0 spiro atoms. The van der Waals surface area contributed by atoms with Gasteiger partial charge < -0.3 is 5.32 Å². The van der Waals surface area contributed by atoms with Crippen molar-refractivity contribution in [1.29, 1.82) is 0 Å². The second kappa shape index (κ2) is 5.26. The van der Waals surface area contributed by atoms with Crippen LogP contribution in [0.2, 0.25) is 8.67 Å². The molecule has 1 N–H and O–H groups in total. The third-order valence-corrected chi connectivity index (χ3v) is 5.04. The van der Waals surface area contributed by atoms with Crippen molar-refractivity contribution in [3.05, 3.63) is 20.3 Å². The maximum Gasteiger partial charge on any atom is 0.0991 e. The number of rotatable bonds is 4. The smallest absolute Gasteiger partial charge is 0.0991 e. The number of thiophene rings is 1. The zero-order chi connectivity index (χ0) is 11.7. The maximum absolute atomic E-state index is 6.14. The molecule has 1 heterocycles. The lowest BCUT2D eigenvalue weighted by molar-refractivity contribution is 0.230. The molecule has 4 heteroatoms. The molecule has 2 unspecified atom stereocenters. The molecule has 0 bridgehead atoms. The predicted octanol–water partition coefficient (Wildman–Crippen LogP) is 4.89. The van der Waals surface area contributed by atoms with E-state index in [4.69, 9.17) is 23.2 Å². The summed E-state index contributed by atoms with van der Waals surface area (Å²) in [5, 5.41) is 3.62. The largest absolute Gasteiger partial charge is 0.307 e. The van der Waals surface area contributed by atoms with E-state index < -0.39 is 0 Å². The molecular weight excluding hydrogens is 261 g/mol. The van der Waals surface area contributed by atoms with Crippen molar-refractivity contribution in [1.82, 2.24) is 5.32 Å². The van der Waals surface area contributed by atoms with Crippen LogP contribution in [0.15, 0.2) is 6.07 Å². The summed E-state index contributed by atoms with van der Waals surface area (Å²) < 4.78 is 1.58. The van der Waals surface area contributed by atoms with E-state index in [-0.39, 0.29) is 6.04 Å². The van der Waals surface area contributed by atoms with Crippen LogP contribution < -0.4 is 5.32 Å². The number of hydrogen-bond acceptors (Lipinski definition) is 2. The lowest BCUT2D eigenvalue weighted by atomic mass is 9.80. The molecule has 2 atom stereocenters. The summed E-state index contributed by atoms with van der Waals surface area (Å²) in [6, 6.07) is 2.82. The SMILES string of the molecule is CC(NC(C)C1CCC1)c1cc(Cl)sc1Cl. The first-order chi connectivity index (χ1) is 7.58. The minimum atomic E-state index is 0.284. The standard InChI is InChI=1S/C12H17Cl2NS/c1-7(9-4-3-5-9)15-8(2)10-6-11(13)16-12(10)14/h6-9,15H,3-5H2,1-2H3. The van der Waals surface area contributed by atoms with Gasteiger partial charge in [0.25, 0.3) is 0 Å². The second-order valence-electron chi connectivity index (χ2n) is 4.65. The van der Waals surface area contributed by atoms with Gasteiger partial charge in [0.1, 0.15) is 0 Å². The Morgan fingerprint density at radius 2 is 2.06 bits per heavy atom. The summed E-state index contributed by atoms with van der Waals surface area (Å²) in [7, 11) is 0. The van der Waals surface area contributed by atoms with Gasteiger partial charge in [0.15, 0.2) is 0 Å². The summed E-state index contributed by atoms with van der Waals surface area (Å²) in [4.78, 5) is 0. The summed E-state index contributed by atoms with van der Waals surface area (Å²) in [6.07, 6.45) is 4.11. The van der Waals surface area contributed by atoms with E-state index >= 15 is 0 Å². The first-order valence-corrected chi connectivity index (χ1v) is 7.36. The Kier molecular flexibility index (Phi) is 4.17. The molecule has 0 aromatic carbocycles. The normalized spacial score (nSPS) is 20.5. The van der Waals surface area contributed by atoms with Gasteiger partial charge >= 0.3 is 0 Å². The molecule has 0 saturated heterocycles. The van der Waals surface area contributed by atoms with E-state index in [0.717, 1.165) is 20.2 Å². The third kappa shape index (κ3) is 2.73. The van der Waals surface area contributed by atoms with Crippen molar-refractivity contribution in [2.45, 2.75) is 45.2 Å². The molecule has 0 aliphatic heterocycles. The lowest BCUT2D eigenvalue weighted by Gasteiger charge is -2.33. The molecule has 1 fully saturated rings. The van der Waals surface area contributed by atoms with E-state index in [1.54, 1.807) is 0 Å². The molecule has 1 aliphatic carbocycles. The molecule has 1 nitrogen and oxygen atoms in total.